The van der Waals surface area contributed by atoms with Crippen LogP contribution in [0.15, 0.2) is 18.2 Å². The first kappa shape index (κ1) is 19.3. The van der Waals surface area contributed by atoms with E-state index in [0.717, 1.165) is 22.9 Å². The summed E-state index contributed by atoms with van der Waals surface area (Å²) in [7, 11) is 0. The number of hydrogen-bond acceptors (Lipinski definition) is 5. The lowest BCUT2D eigenvalue weighted by Crippen LogP contribution is -2.42. The molecule has 1 atom stereocenters. The van der Waals surface area contributed by atoms with Gasteiger partial charge in [-0.3, -0.25) is 0 Å². The number of aliphatic hydroxyl groups is 2. The lowest BCUT2D eigenvalue weighted by atomic mass is 10.1. The number of rotatable bonds is 8. The molecular formula is C19H27N3O3. The predicted octanol–water partition coefficient (Wildman–Crippen LogP) is 2.09. The molecule has 1 heterocycles. The number of aromatic nitrogens is 1. The number of H-pyrrole nitrogens is 1. The molecule has 0 aliphatic rings. The molecule has 2 rings (SSSR count). The topological polar surface area (TPSA) is 101 Å². The Kier molecular flexibility index (Phi) is 6.43. The summed E-state index contributed by atoms with van der Waals surface area (Å²) in [6, 6.07) is 7.66. The van der Waals surface area contributed by atoms with Crippen molar-refractivity contribution in [2.75, 3.05) is 19.8 Å². The number of nitrogens with zero attached hydrogens (tertiary/aromatic N) is 1. The quantitative estimate of drug-likeness (QED) is 0.587. The van der Waals surface area contributed by atoms with Crippen molar-refractivity contribution >= 4 is 10.9 Å². The minimum absolute atomic E-state index is 0.0645. The second-order valence-electron chi connectivity index (χ2n) is 7.23. The Morgan fingerprint density at radius 1 is 1.36 bits per heavy atom. The van der Waals surface area contributed by atoms with Gasteiger partial charge >= 0.3 is 0 Å². The highest BCUT2D eigenvalue weighted by atomic mass is 16.5. The molecule has 0 radical (unpaired) electrons. The number of hydrogen-bond donors (Lipinski definition) is 4. The van der Waals surface area contributed by atoms with E-state index >= 15 is 0 Å². The average molecular weight is 345 g/mol. The van der Waals surface area contributed by atoms with Crippen molar-refractivity contribution in [2.24, 2.45) is 0 Å². The van der Waals surface area contributed by atoms with Gasteiger partial charge in [0.2, 0.25) is 0 Å². The molecule has 6 nitrogen and oxygen atoms in total. The summed E-state index contributed by atoms with van der Waals surface area (Å²) in [6.07, 6.45) is 0.752. The number of nitriles is 1. The SMILES string of the molecule is CC(C)(C)NC[C@H](O)COc1ccc(CCCO)c2[nH]c(C#N)cc12. The predicted molar refractivity (Wildman–Crippen MR) is 97.7 cm³/mol. The minimum Gasteiger partial charge on any atom is -0.490 e. The molecule has 0 bridgehead atoms. The van der Waals surface area contributed by atoms with Gasteiger partial charge in [-0.25, -0.2) is 0 Å². The van der Waals surface area contributed by atoms with Gasteiger partial charge in [-0.2, -0.15) is 5.26 Å². The molecule has 0 spiro atoms. The maximum atomic E-state index is 10.1. The molecule has 1 aromatic carbocycles. The van der Waals surface area contributed by atoms with Crippen molar-refractivity contribution in [1.82, 2.24) is 10.3 Å². The van der Waals surface area contributed by atoms with E-state index in [-0.39, 0.29) is 18.8 Å². The van der Waals surface area contributed by atoms with Gasteiger partial charge in [0.1, 0.15) is 30.2 Å². The van der Waals surface area contributed by atoms with E-state index in [1.54, 1.807) is 6.07 Å². The average Bonchev–Trinajstić information content (AvgIpc) is 3.00. The van der Waals surface area contributed by atoms with Gasteiger partial charge < -0.3 is 25.3 Å². The second kappa shape index (κ2) is 8.34. The molecule has 0 saturated heterocycles. The zero-order valence-electron chi connectivity index (χ0n) is 15.1. The summed E-state index contributed by atoms with van der Waals surface area (Å²) in [6.45, 7) is 6.85. The van der Waals surface area contributed by atoms with Crippen molar-refractivity contribution in [3.05, 3.63) is 29.5 Å². The van der Waals surface area contributed by atoms with Crippen LogP contribution in [0.2, 0.25) is 0 Å². The Labute approximate surface area is 148 Å². The molecule has 0 amide bonds. The number of aliphatic hydroxyl groups excluding tert-OH is 2. The molecule has 6 heteroatoms. The van der Waals surface area contributed by atoms with Crippen molar-refractivity contribution in [3.63, 3.8) is 0 Å². The zero-order chi connectivity index (χ0) is 18.4. The van der Waals surface area contributed by atoms with E-state index in [0.29, 0.717) is 24.4 Å². The fraction of sp³-hybridized carbons (Fsp3) is 0.526. The number of benzene rings is 1. The van der Waals surface area contributed by atoms with Crippen LogP contribution < -0.4 is 10.1 Å². The van der Waals surface area contributed by atoms with Crippen LogP contribution in [-0.2, 0) is 6.42 Å². The molecule has 0 aliphatic carbocycles. The first-order valence-corrected chi connectivity index (χ1v) is 8.55. The van der Waals surface area contributed by atoms with Crippen LogP contribution in [-0.4, -0.2) is 46.6 Å². The second-order valence-corrected chi connectivity index (χ2v) is 7.23. The number of nitrogens with one attached hydrogen (secondary N) is 2. The van der Waals surface area contributed by atoms with E-state index in [1.807, 2.05) is 32.9 Å². The lowest BCUT2D eigenvalue weighted by molar-refractivity contribution is 0.101. The van der Waals surface area contributed by atoms with Crippen molar-refractivity contribution in [1.29, 1.82) is 5.26 Å². The van der Waals surface area contributed by atoms with E-state index < -0.39 is 6.10 Å². The standard InChI is InChI=1S/C19H27N3O3/c1-19(2,3)21-11-15(24)12-25-17-7-6-13(5-4-8-23)18-16(17)9-14(10-20)22-18/h6-7,9,15,21-24H,4-5,8,11-12H2,1-3H3/t15-/m0/s1. The fourth-order valence-electron chi connectivity index (χ4n) is 2.58. The Hall–Kier alpha value is -2.07. The van der Waals surface area contributed by atoms with Gasteiger partial charge in [0.05, 0.1) is 5.52 Å². The number of aryl methyl sites for hydroxylation is 1. The monoisotopic (exact) mass is 345 g/mol. The molecular weight excluding hydrogens is 318 g/mol. The minimum atomic E-state index is -0.627. The highest BCUT2D eigenvalue weighted by Gasteiger charge is 2.15. The van der Waals surface area contributed by atoms with E-state index in [1.165, 1.54) is 0 Å². The number of aromatic amines is 1. The number of fused-ring (bicyclic) bond motifs is 1. The van der Waals surface area contributed by atoms with Crippen LogP contribution in [0, 0.1) is 11.3 Å². The van der Waals surface area contributed by atoms with Gasteiger partial charge in [0.15, 0.2) is 0 Å². The largest absolute Gasteiger partial charge is 0.490 e. The van der Waals surface area contributed by atoms with Crippen LogP contribution in [0.25, 0.3) is 10.9 Å². The van der Waals surface area contributed by atoms with Crippen molar-refractivity contribution in [2.45, 2.75) is 45.3 Å². The van der Waals surface area contributed by atoms with Gasteiger partial charge in [-0.05, 0) is 51.3 Å². The van der Waals surface area contributed by atoms with E-state index in [2.05, 4.69) is 16.4 Å². The third kappa shape index (κ3) is 5.46. The normalized spacial score (nSPS) is 13.0. The Bertz CT molecular complexity index is 741. The summed E-state index contributed by atoms with van der Waals surface area (Å²) in [4.78, 5) is 3.10. The maximum absolute atomic E-state index is 10.1. The molecule has 4 N–H and O–H groups in total. The summed E-state index contributed by atoms with van der Waals surface area (Å²) in [5.41, 5.74) is 2.29. The van der Waals surface area contributed by atoms with E-state index in [4.69, 9.17) is 15.1 Å². The molecule has 0 aliphatic heterocycles. The summed E-state index contributed by atoms with van der Waals surface area (Å²) in [5, 5.41) is 32.3. The lowest BCUT2D eigenvalue weighted by Gasteiger charge is -2.23. The Morgan fingerprint density at radius 3 is 2.76 bits per heavy atom. The van der Waals surface area contributed by atoms with Crippen LogP contribution in [0.3, 0.4) is 0 Å². The first-order valence-electron chi connectivity index (χ1n) is 8.55. The smallest absolute Gasteiger partial charge is 0.128 e. The van der Waals surface area contributed by atoms with Crippen LogP contribution >= 0.6 is 0 Å². The molecule has 2 aromatic rings. The van der Waals surface area contributed by atoms with Gasteiger partial charge in [-0.15, -0.1) is 0 Å². The number of β-amino-alcohol motifs (C(OH)–C–C–N with tert-alkyl or cyclic N) is 1. The Morgan fingerprint density at radius 2 is 2.12 bits per heavy atom. The van der Waals surface area contributed by atoms with Gasteiger partial charge in [0.25, 0.3) is 0 Å². The third-order valence-corrected chi connectivity index (χ3v) is 3.86. The molecule has 0 unspecified atom stereocenters. The van der Waals surface area contributed by atoms with Gasteiger partial charge in [0, 0.05) is 24.1 Å². The molecule has 136 valence electrons. The summed E-state index contributed by atoms with van der Waals surface area (Å²) in [5.74, 6) is 0.635. The molecule has 1 aromatic heterocycles. The summed E-state index contributed by atoms with van der Waals surface area (Å²) < 4.78 is 5.79. The van der Waals surface area contributed by atoms with Crippen LogP contribution in [0.4, 0.5) is 0 Å². The van der Waals surface area contributed by atoms with Crippen molar-refractivity contribution < 1.29 is 14.9 Å². The molecule has 25 heavy (non-hydrogen) atoms. The van der Waals surface area contributed by atoms with E-state index in [9.17, 15) is 5.11 Å². The van der Waals surface area contributed by atoms with Crippen molar-refractivity contribution in [3.8, 4) is 11.8 Å². The van der Waals surface area contributed by atoms with Crippen LogP contribution in [0.1, 0.15) is 38.4 Å². The first-order chi connectivity index (χ1) is 11.8. The Balaban J connectivity index is 2.13. The fourth-order valence-corrected chi connectivity index (χ4v) is 2.58. The highest BCUT2D eigenvalue weighted by molar-refractivity contribution is 5.90. The number of ether oxygens (including phenoxy) is 1. The van der Waals surface area contributed by atoms with Crippen LogP contribution in [0.5, 0.6) is 5.75 Å². The molecule has 0 saturated carbocycles. The van der Waals surface area contributed by atoms with Gasteiger partial charge in [-0.1, -0.05) is 6.07 Å². The summed E-state index contributed by atoms with van der Waals surface area (Å²) >= 11 is 0. The zero-order valence-corrected chi connectivity index (χ0v) is 15.1. The molecule has 0 fully saturated rings. The highest BCUT2D eigenvalue weighted by Crippen LogP contribution is 2.30. The maximum Gasteiger partial charge on any atom is 0.128 e. The third-order valence-electron chi connectivity index (χ3n) is 3.86.